The maximum absolute atomic E-state index is 12.0. The zero-order valence-electron chi connectivity index (χ0n) is 11.8. The van der Waals surface area contributed by atoms with Crippen LogP contribution >= 0.6 is 11.3 Å². The fourth-order valence-electron chi connectivity index (χ4n) is 2.39. The van der Waals surface area contributed by atoms with Crippen molar-refractivity contribution in [1.82, 2.24) is 5.32 Å². The van der Waals surface area contributed by atoms with Gasteiger partial charge in [-0.3, -0.25) is 4.79 Å². The molecule has 0 fully saturated rings. The van der Waals surface area contributed by atoms with Gasteiger partial charge in [-0.2, -0.15) is 0 Å². The summed E-state index contributed by atoms with van der Waals surface area (Å²) in [4.78, 5) is 14.1. The zero-order chi connectivity index (χ0) is 14.6. The molecule has 1 aromatic rings. The van der Waals surface area contributed by atoms with Crippen molar-refractivity contribution in [3.63, 3.8) is 0 Å². The molecule has 0 spiro atoms. The van der Waals surface area contributed by atoms with E-state index in [1.165, 1.54) is 42.4 Å². The summed E-state index contributed by atoms with van der Waals surface area (Å²) in [7, 11) is -3.03. The van der Waals surface area contributed by atoms with Crippen LogP contribution in [0.5, 0.6) is 0 Å². The van der Waals surface area contributed by atoms with Crippen LogP contribution in [0.2, 0.25) is 0 Å². The Kier molecular flexibility index (Phi) is 5.21. The predicted octanol–water partition coefficient (Wildman–Crippen LogP) is 2.18. The predicted molar refractivity (Wildman–Crippen MR) is 82.2 cm³/mol. The molecule has 1 aliphatic carbocycles. The van der Waals surface area contributed by atoms with E-state index in [1.54, 1.807) is 11.3 Å². The van der Waals surface area contributed by atoms with Crippen molar-refractivity contribution < 1.29 is 13.2 Å². The third-order valence-corrected chi connectivity index (χ3v) is 5.66. The van der Waals surface area contributed by atoms with Crippen molar-refractivity contribution in [3.05, 3.63) is 21.4 Å². The summed E-state index contributed by atoms with van der Waals surface area (Å²) in [6.45, 7) is 0.181. The lowest BCUT2D eigenvalue weighted by Gasteiger charge is -2.07. The number of thiophene rings is 1. The van der Waals surface area contributed by atoms with Crippen LogP contribution in [0.3, 0.4) is 0 Å². The van der Waals surface area contributed by atoms with E-state index in [-0.39, 0.29) is 18.2 Å². The average Bonchev–Trinajstić information content (AvgIpc) is 2.70. The number of carbonyl (C=O) groups is 1. The smallest absolute Gasteiger partial charge is 0.261 e. The highest BCUT2D eigenvalue weighted by atomic mass is 32.2. The molecule has 1 aromatic heterocycles. The SMILES string of the molecule is CS(=O)(=O)CCNC(=O)c1cc2c(s1)CCCCCC2. The first-order valence-electron chi connectivity index (χ1n) is 7.03. The molecule has 0 saturated heterocycles. The number of sulfone groups is 1. The fraction of sp³-hybridized carbons (Fsp3) is 0.643. The van der Waals surface area contributed by atoms with Gasteiger partial charge in [-0.25, -0.2) is 8.42 Å². The van der Waals surface area contributed by atoms with Crippen LogP contribution in [-0.4, -0.2) is 32.9 Å². The minimum Gasteiger partial charge on any atom is -0.350 e. The van der Waals surface area contributed by atoms with Gasteiger partial charge in [0.05, 0.1) is 10.6 Å². The Morgan fingerprint density at radius 1 is 1.25 bits per heavy atom. The van der Waals surface area contributed by atoms with Crippen molar-refractivity contribution in [1.29, 1.82) is 0 Å². The molecule has 2 rings (SSSR count). The molecule has 0 saturated carbocycles. The standard InChI is InChI=1S/C14H21NO3S2/c1-20(17,18)9-8-15-14(16)13-10-11-6-4-2-3-5-7-12(11)19-13/h10H,2-9H2,1H3,(H,15,16). The highest BCUT2D eigenvalue weighted by Gasteiger charge is 2.16. The highest BCUT2D eigenvalue weighted by Crippen LogP contribution is 2.28. The molecule has 1 heterocycles. The molecule has 112 valence electrons. The van der Waals surface area contributed by atoms with Crippen molar-refractivity contribution in [3.8, 4) is 0 Å². The Morgan fingerprint density at radius 3 is 2.65 bits per heavy atom. The van der Waals surface area contributed by atoms with Gasteiger partial charge in [0.15, 0.2) is 0 Å². The van der Waals surface area contributed by atoms with Gasteiger partial charge in [-0.05, 0) is 37.3 Å². The summed E-state index contributed by atoms with van der Waals surface area (Å²) in [5.41, 5.74) is 1.31. The van der Waals surface area contributed by atoms with Crippen LogP contribution in [-0.2, 0) is 22.7 Å². The molecule has 0 radical (unpaired) electrons. The lowest BCUT2D eigenvalue weighted by Crippen LogP contribution is -2.28. The van der Waals surface area contributed by atoms with Gasteiger partial charge in [-0.15, -0.1) is 11.3 Å². The molecular weight excluding hydrogens is 294 g/mol. The summed E-state index contributed by atoms with van der Waals surface area (Å²) >= 11 is 1.56. The van der Waals surface area contributed by atoms with Crippen molar-refractivity contribution >= 4 is 27.1 Å². The van der Waals surface area contributed by atoms with Gasteiger partial charge in [-0.1, -0.05) is 12.8 Å². The van der Waals surface area contributed by atoms with Gasteiger partial charge in [0.1, 0.15) is 9.84 Å². The fourth-order valence-corrected chi connectivity index (χ4v) is 4.04. The lowest BCUT2D eigenvalue weighted by molar-refractivity contribution is 0.0960. The molecule has 0 aliphatic heterocycles. The van der Waals surface area contributed by atoms with Crippen LogP contribution in [0.15, 0.2) is 6.07 Å². The van der Waals surface area contributed by atoms with E-state index >= 15 is 0 Å². The Bertz CT molecular complexity index is 550. The molecule has 20 heavy (non-hydrogen) atoms. The van der Waals surface area contributed by atoms with Gasteiger partial charge in [0, 0.05) is 17.7 Å². The second-order valence-electron chi connectivity index (χ2n) is 5.36. The molecule has 6 heteroatoms. The van der Waals surface area contributed by atoms with Crippen molar-refractivity contribution in [2.45, 2.75) is 38.5 Å². The van der Waals surface area contributed by atoms with E-state index < -0.39 is 9.84 Å². The molecule has 0 atom stereocenters. The minimum atomic E-state index is -3.03. The van der Waals surface area contributed by atoms with Crippen LogP contribution in [0.25, 0.3) is 0 Å². The van der Waals surface area contributed by atoms with Gasteiger partial charge < -0.3 is 5.32 Å². The molecule has 0 unspecified atom stereocenters. The van der Waals surface area contributed by atoms with E-state index in [1.807, 2.05) is 6.07 Å². The van der Waals surface area contributed by atoms with E-state index in [9.17, 15) is 13.2 Å². The number of hydrogen-bond acceptors (Lipinski definition) is 4. The second kappa shape index (κ2) is 6.72. The summed E-state index contributed by atoms with van der Waals surface area (Å²) in [5.74, 6) is -0.158. The maximum atomic E-state index is 12.0. The van der Waals surface area contributed by atoms with Crippen LogP contribution in [0.1, 0.15) is 45.8 Å². The maximum Gasteiger partial charge on any atom is 0.261 e. The van der Waals surface area contributed by atoms with Gasteiger partial charge in [0.2, 0.25) is 0 Å². The summed E-state index contributed by atoms with van der Waals surface area (Å²) in [6.07, 6.45) is 8.23. The lowest BCUT2D eigenvalue weighted by atomic mass is 10.00. The third kappa shape index (κ3) is 4.59. The third-order valence-electron chi connectivity index (χ3n) is 3.48. The average molecular weight is 315 g/mol. The summed E-state index contributed by atoms with van der Waals surface area (Å²) < 4.78 is 22.1. The topological polar surface area (TPSA) is 63.2 Å². The van der Waals surface area contributed by atoms with E-state index in [0.29, 0.717) is 4.88 Å². The normalized spacial score (nSPS) is 16.1. The number of nitrogens with one attached hydrogen (secondary N) is 1. The van der Waals surface area contributed by atoms with E-state index in [2.05, 4.69) is 5.32 Å². The Labute approximate surface area is 124 Å². The number of fused-ring (bicyclic) bond motifs is 1. The van der Waals surface area contributed by atoms with Crippen LogP contribution in [0, 0.1) is 0 Å². The summed E-state index contributed by atoms with van der Waals surface area (Å²) in [6, 6.07) is 1.99. The minimum absolute atomic E-state index is 0.0101. The second-order valence-corrected chi connectivity index (χ2v) is 8.76. The molecule has 0 aromatic carbocycles. The van der Waals surface area contributed by atoms with Gasteiger partial charge >= 0.3 is 0 Å². The largest absolute Gasteiger partial charge is 0.350 e. The number of aryl methyl sites for hydroxylation is 2. The van der Waals surface area contributed by atoms with Gasteiger partial charge in [0.25, 0.3) is 5.91 Å². The van der Waals surface area contributed by atoms with E-state index in [4.69, 9.17) is 0 Å². The van der Waals surface area contributed by atoms with Crippen molar-refractivity contribution in [2.24, 2.45) is 0 Å². The number of carbonyl (C=O) groups excluding carboxylic acids is 1. The Hall–Kier alpha value is -0.880. The van der Waals surface area contributed by atoms with Crippen molar-refractivity contribution in [2.75, 3.05) is 18.6 Å². The first-order valence-corrected chi connectivity index (χ1v) is 9.91. The monoisotopic (exact) mass is 315 g/mol. The molecule has 4 nitrogen and oxygen atoms in total. The van der Waals surface area contributed by atoms with Crippen LogP contribution < -0.4 is 5.32 Å². The number of amides is 1. The Morgan fingerprint density at radius 2 is 1.95 bits per heavy atom. The molecule has 0 bridgehead atoms. The van der Waals surface area contributed by atoms with Crippen LogP contribution in [0.4, 0.5) is 0 Å². The zero-order valence-corrected chi connectivity index (χ0v) is 13.4. The quantitative estimate of drug-likeness (QED) is 0.926. The molecular formula is C14H21NO3S2. The molecule has 1 aliphatic rings. The summed E-state index contributed by atoms with van der Waals surface area (Å²) in [5, 5.41) is 2.69. The Balaban J connectivity index is 1.98. The molecule has 1 N–H and O–H groups in total. The number of rotatable bonds is 4. The first-order chi connectivity index (χ1) is 9.46. The highest BCUT2D eigenvalue weighted by molar-refractivity contribution is 7.90. The van der Waals surface area contributed by atoms with E-state index in [0.717, 1.165) is 12.8 Å². The molecule has 1 amide bonds. The first kappa shape index (κ1) is 15.5. The number of hydrogen-bond donors (Lipinski definition) is 1.